The van der Waals surface area contributed by atoms with Crippen LogP contribution in [-0.4, -0.2) is 11.7 Å². The summed E-state index contributed by atoms with van der Waals surface area (Å²) in [6.07, 6.45) is 0. The quantitative estimate of drug-likeness (QED) is 0.910. The molecule has 2 aromatic carbocycles. The predicted octanol–water partition coefficient (Wildman–Crippen LogP) is 3.95. The fourth-order valence-electron chi connectivity index (χ4n) is 2.33. The van der Waals surface area contributed by atoms with Crippen LogP contribution in [0.4, 0.5) is 0 Å². The third kappa shape index (κ3) is 2.76. The van der Waals surface area contributed by atoms with E-state index in [0.717, 1.165) is 21.4 Å². The summed E-state index contributed by atoms with van der Waals surface area (Å²) in [5.41, 5.74) is 2.25. The van der Waals surface area contributed by atoms with Crippen LogP contribution in [0.2, 0.25) is 0 Å². The summed E-state index contributed by atoms with van der Waals surface area (Å²) >= 11 is 5.26. The van der Waals surface area contributed by atoms with Crippen LogP contribution in [-0.2, 0) is 11.3 Å². The van der Waals surface area contributed by atoms with Crippen LogP contribution < -0.4 is 5.32 Å². The second-order valence-electron chi connectivity index (χ2n) is 4.71. The zero-order chi connectivity index (χ0) is 13.9. The summed E-state index contributed by atoms with van der Waals surface area (Å²) in [6, 6.07) is 16.1. The first-order valence-corrected chi connectivity index (χ1v) is 8.26. The van der Waals surface area contributed by atoms with E-state index in [-0.39, 0.29) is 11.8 Å². The van der Waals surface area contributed by atoms with Gasteiger partial charge < -0.3 is 5.32 Å². The minimum Gasteiger partial charge on any atom is -0.351 e. The molecule has 20 heavy (non-hydrogen) atoms. The molecule has 3 rings (SSSR count). The number of halogens is 1. The van der Waals surface area contributed by atoms with Crippen LogP contribution in [0.3, 0.4) is 0 Å². The molecule has 4 heteroatoms. The number of carbonyl (C=O) groups is 1. The first-order valence-electron chi connectivity index (χ1n) is 6.48. The van der Waals surface area contributed by atoms with E-state index in [4.69, 9.17) is 0 Å². The molecule has 1 aliphatic heterocycles. The van der Waals surface area contributed by atoms with E-state index >= 15 is 0 Å². The van der Waals surface area contributed by atoms with E-state index < -0.39 is 0 Å². The van der Waals surface area contributed by atoms with Crippen molar-refractivity contribution in [2.45, 2.75) is 17.4 Å². The van der Waals surface area contributed by atoms with Crippen molar-refractivity contribution in [1.82, 2.24) is 5.32 Å². The third-order valence-corrected chi connectivity index (χ3v) is 5.38. The molecular formula is C16H14BrNOS. The lowest BCUT2D eigenvalue weighted by Crippen LogP contribution is -2.29. The summed E-state index contributed by atoms with van der Waals surface area (Å²) < 4.78 is 1.03. The Bertz CT molecular complexity index is 644. The predicted molar refractivity (Wildman–Crippen MR) is 85.9 cm³/mol. The molecule has 0 spiro atoms. The van der Waals surface area contributed by atoms with Gasteiger partial charge in [-0.15, -0.1) is 11.8 Å². The van der Waals surface area contributed by atoms with Gasteiger partial charge in [0.15, 0.2) is 0 Å². The average molecular weight is 348 g/mol. The van der Waals surface area contributed by atoms with Crippen molar-refractivity contribution in [1.29, 1.82) is 0 Å². The Kier molecular flexibility index (Phi) is 4.13. The molecule has 1 amide bonds. The number of nitrogens with one attached hydrogen (secondary N) is 1. The number of hydrogen-bond acceptors (Lipinski definition) is 2. The van der Waals surface area contributed by atoms with Crippen molar-refractivity contribution in [2.75, 3.05) is 5.75 Å². The fourth-order valence-corrected chi connectivity index (χ4v) is 3.98. The van der Waals surface area contributed by atoms with Crippen molar-refractivity contribution >= 4 is 33.6 Å². The van der Waals surface area contributed by atoms with Crippen LogP contribution in [0.5, 0.6) is 0 Å². The van der Waals surface area contributed by atoms with E-state index in [9.17, 15) is 4.79 Å². The highest BCUT2D eigenvalue weighted by atomic mass is 79.9. The van der Waals surface area contributed by atoms with Gasteiger partial charge >= 0.3 is 0 Å². The molecule has 1 aliphatic rings. The van der Waals surface area contributed by atoms with Gasteiger partial charge in [0, 0.05) is 21.7 Å². The van der Waals surface area contributed by atoms with Crippen molar-refractivity contribution in [3.05, 3.63) is 64.1 Å². The van der Waals surface area contributed by atoms with Gasteiger partial charge in [0.1, 0.15) is 0 Å². The highest BCUT2D eigenvalue weighted by Crippen LogP contribution is 2.39. The van der Waals surface area contributed by atoms with Crippen LogP contribution >= 0.6 is 27.7 Å². The van der Waals surface area contributed by atoms with Crippen LogP contribution in [0.25, 0.3) is 0 Å². The number of rotatable bonds is 3. The van der Waals surface area contributed by atoms with Gasteiger partial charge in [0.2, 0.25) is 5.91 Å². The zero-order valence-electron chi connectivity index (χ0n) is 10.8. The number of carbonyl (C=O) groups excluding carboxylic acids is 1. The van der Waals surface area contributed by atoms with Crippen LogP contribution in [0, 0.1) is 0 Å². The van der Waals surface area contributed by atoms with E-state index in [1.807, 2.05) is 36.4 Å². The van der Waals surface area contributed by atoms with E-state index in [1.165, 1.54) is 4.90 Å². The third-order valence-electron chi connectivity index (χ3n) is 3.43. The monoisotopic (exact) mass is 347 g/mol. The molecule has 0 bridgehead atoms. The average Bonchev–Trinajstić information content (AvgIpc) is 2.90. The Hall–Kier alpha value is -1.26. The van der Waals surface area contributed by atoms with Crippen molar-refractivity contribution in [2.24, 2.45) is 0 Å². The smallest absolute Gasteiger partial charge is 0.228 e. The Morgan fingerprint density at radius 2 is 1.95 bits per heavy atom. The van der Waals surface area contributed by atoms with Crippen LogP contribution in [0.1, 0.15) is 17.0 Å². The molecule has 0 radical (unpaired) electrons. The van der Waals surface area contributed by atoms with Crippen molar-refractivity contribution in [3.8, 4) is 0 Å². The molecule has 0 saturated carbocycles. The maximum Gasteiger partial charge on any atom is 0.228 e. The van der Waals surface area contributed by atoms with Gasteiger partial charge in [-0.2, -0.15) is 0 Å². The minimum absolute atomic E-state index is 0.0290. The molecule has 1 heterocycles. The summed E-state index contributed by atoms with van der Waals surface area (Å²) in [7, 11) is 0. The SMILES string of the molecule is O=C(NCc1ccccc1Br)C1CSc2ccccc21. The summed E-state index contributed by atoms with van der Waals surface area (Å²) in [6.45, 7) is 0.559. The normalized spacial score (nSPS) is 16.8. The largest absolute Gasteiger partial charge is 0.351 e. The molecule has 2 nitrogen and oxygen atoms in total. The second kappa shape index (κ2) is 6.02. The zero-order valence-corrected chi connectivity index (χ0v) is 13.2. The lowest BCUT2D eigenvalue weighted by atomic mass is 10.0. The van der Waals surface area contributed by atoms with Gasteiger partial charge in [0.25, 0.3) is 0 Å². The number of hydrogen-bond donors (Lipinski definition) is 1. The summed E-state index contributed by atoms with van der Waals surface area (Å²) in [5, 5.41) is 3.04. The minimum atomic E-state index is -0.0290. The van der Waals surface area contributed by atoms with Crippen LogP contribution in [0.15, 0.2) is 57.9 Å². The highest BCUT2D eigenvalue weighted by Gasteiger charge is 2.28. The molecule has 0 aromatic heterocycles. The number of amides is 1. The van der Waals surface area contributed by atoms with Crippen molar-refractivity contribution in [3.63, 3.8) is 0 Å². The summed E-state index contributed by atoms with van der Waals surface area (Å²) in [4.78, 5) is 13.6. The molecule has 1 unspecified atom stereocenters. The van der Waals surface area contributed by atoms with Gasteiger partial charge in [-0.25, -0.2) is 0 Å². The molecular weight excluding hydrogens is 334 g/mol. The van der Waals surface area contributed by atoms with Gasteiger partial charge in [-0.1, -0.05) is 52.3 Å². The lowest BCUT2D eigenvalue weighted by molar-refractivity contribution is -0.122. The van der Waals surface area contributed by atoms with E-state index in [1.54, 1.807) is 11.8 Å². The molecule has 0 aliphatic carbocycles. The Morgan fingerprint density at radius 1 is 1.20 bits per heavy atom. The Labute approximate surface area is 131 Å². The maximum absolute atomic E-state index is 12.4. The Balaban J connectivity index is 1.68. The lowest BCUT2D eigenvalue weighted by Gasteiger charge is -2.12. The van der Waals surface area contributed by atoms with E-state index in [0.29, 0.717) is 6.54 Å². The Morgan fingerprint density at radius 3 is 2.80 bits per heavy atom. The molecule has 1 N–H and O–H groups in total. The standard InChI is InChI=1S/C16H14BrNOS/c17-14-7-3-1-5-11(14)9-18-16(19)13-10-20-15-8-4-2-6-12(13)15/h1-8,13H,9-10H2,(H,18,19). The summed E-state index contributed by atoms with van der Waals surface area (Å²) in [5.74, 6) is 0.915. The first-order chi connectivity index (χ1) is 9.75. The molecule has 0 saturated heterocycles. The molecule has 2 aromatic rings. The van der Waals surface area contributed by atoms with E-state index in [2.05, 4.69) is 33.4 Å². The highest BCUT2D eigenvalue weighted by molar-refractivity contribution is 9.10. The molecule has 0 fully saturated rings. The fraction of sp³-hybridized carbons (Fsp3) is 0.188. The van der Waals surface area contributed by atoms with Gasteiger partial charge in [-0.05, 0) is 23.3 Å². The molecule has 1 atom stereocenters. The second-order valence-corrected chi connectivity index (χ2v) is 6.63. The first kappa shape index (κ1) is 13.7. The van der Waals surface area contributed by atoms with Gasteiger partial charge in [-0.3, -0.25) is 4.79 Å². The van der Waals surface area contributed by atoms with Gasteiger partial charge in [0.05, 0.1) is 5.92 Å². The number of thioether (sulfide) groups is 1. The number of benzene rings is 2. The maximum atomic E-state index is 12.4. The molecule has 102 valence electrons. The number of fused-ring (bicyclic) bond motifs is 1. The topological polar surface area (TPSA) is 29.1 Å². The van der Waals surface area contributed by atoms with Crippen molar-refractivity contribution < 1.29 is 4.79 Å².